The number of anilines is 1. The number of hydrogen-bond donors (Lipinski definition) is 3. The van der Waals surface area contributed by atoms with Crippen LogP contribution in [0.1, 0.15) is 11.3 Å². The SMILES string of the molecule is Cn1ccc(C#Cc2ccn3c(-c4cccc(NC(=O)NCC(F)(F)F)c4)cnc3c2)n1.O=CO. The average molecular weight is 484 g/mol. The van der Waals surface area contributed by atoms with Crippen LogP contribution in [0.4, 0.5) is 23.7 Å². The first kappa shape index (κ1) is 24.8. The van der Waals surface area contributed by atoms with Gasteiger partial charge in [-0.2, -0.15) is 18.3 Å². The number of fused-ring (bicyclic) bond motifs is 1. The van der Waals surface area contributed by atoms with E-state index in [0.717, 1.165) is 16.8 Å². The van der Waals surface area contributed by atoms with Crippen molar-refractivity contribution in [1.82, 2.24) is 24.5 Å². The van der Waals surface area contributed by atoms with Crippen LogP contribution >= 0.6 is 0 Å². The fraction of sp³-hybridized carbons (Fsp3) is 0.130. The fourth-order valence-electron chi connectivity index (χ4n) is 3.00. The number of aryl methyl sites for hydroxylation is 1. The molecular formula is C23H19F3N6O3. The second-order valence-electron chi connectivity index (χ2n) is 7.02. The predicted octanol–water partition coefficient (Wildman–Crippen LogP) is 3.52. The number of pyridine rings is 1. The molecule has 0 aliphatic heterocycles. The summed E-state index contributed by atoms with van der Waals surface area (Å²) in [5, 5.41) is 15.3. The summed E-state index contributed by atoms with van der Waals surface area (Å²) in [5.74, 6) is 6.05. The number of hydrogen-bond acceptors (Lipinski definition) is 4. The number of carbonyl (C=O) groups excluding carboxylic acids is 1. The molecule has 2 amide bonds. The van der Waals surface area contributed by atoms with E-state index in [1.54, 1.807) is 34.4 Å². The van der Waals surface area contributed by atoms with E-state index in [0.29, 0.717) is 17.0 Å². The minimum atomic E-state index is -4.48. The number of rotatable bonds is 3. The van der Waals surface area contributed by atoms with Crippen molar-refractivity contribution >= 4 is 23.8 Å². The van der Waals surface area contributed by atoms with Gasteiger partial charge in [-0.05, 0) is 36.3 Å². The minimum absolute atomic E-state index is 0.250. The van der Waals surface area contributed by atoms with Gasteiger partial charge in [0.1, 0.15) is 17.9 Å². The zero-order valence-electron chi connectivity index (χ0n) is 18.2. The third kappa shape index (κ3) is 7.10. The molecule has 0 unspecified atom stereocenters. The standard InChI is InChI=1S/C22H17F3N6O.CH2O2/c1-30-9-8-17(29-30)6-5-15-7-10-31-19(13-26-20(31)11-15)16-3-2-4-18(12-16)28-21(32)27-14-22(23,24)25;2-1-3/h2-4,7-13H,14H2,1H3,(H2,27,28,32);1H,(H,2,3). The number of amides is 2. The number of nitrogens with zero attached hydrogens (tertiary/aromatic N) is 4. The van der Waals surface area contributed by atoms with Gasteiger partial charge in [-0.25, -0.2) is 9.78 Å². The first-order chi connectivity index (χ1) is 16.7. The maximum atomic E-state index is 12.3. The Labute approximate surface area is 197 Å². The van der Waals surface area contributed by atoms with Crippen molar-refractivity contribution in [1.29, 1.82) is 0 Å². The molecule has 0 aliphatic rings. The Hall–Kier alpha value is -4.79. The van der Waals surface area contributed by atoms with Gasteiger partial charge in [0.2, 0.25) is 0 Å². The van der Waals surface area contributed by atoms with Crippen molar-refractivity contribution < 1.29 is 27.9 Å². The van der Waals surface area contributed by atoms with Crippen LogP contribution in [0.15, 0.2) is 61.1 Å². The second-order valence-corrected chi connectivity index (χ2v) is 7.02. The van der Waals surface area contributed by atoms with Crippen LogP contribution < -0.4 is 10.6 Å². The Morgan fingerprint density at radius 1 is 1.17 bits per heavy atom. The van der Waals surface area contributed by atoms with E-state index >= 15 is 0 Å². The topological polar surface area (TPSA) is 114 Å². The predicted molar refractivity (Wildman–Crippen MR) is 122 cm³/mol. The maximum absolute atomic E-state index is 12.3. The Morgan fingerprint density at radius 3 is 2.63 bits per heavy atom. The number of carbonyl (C=O) groups is 2. The summed E-state index contributed by atoms with van der Waals surface area (Å²) in [7, 11) is 1.82. The minimum Gasteiger partial charge on any atom is -0.483 e. The summed E-state index contributed by atoms with van der Waals surface area (Å²) in [6.07, 6.45) is 0.845. The Balaban J connectivity index is 0.00000108. The molecule has 0 spiro atoms. The van der Waals surface area contributed by atoms with Gasteiger partial charge in [0, 0.05) is 36.3 Å². The van der Waals surface area contributed by atoms with Crippen molar-refractivity contribution in [2.45, 2.75) is 6.18 Å². The summed E-state index contributed by atoms with van der Waals surface area (Å²) >= 11 is 0. The monoisotopic (exact) mass is 484 g/mol. The highest BCUT2D eigenvalue weighted by Gasteiger charge is 2.27. The molecule has 3 heterocycles. The number of carboxylic acid groups (broad SMARTS) is 1. The molecule has 0 aliphatic carbocycles. The zero-order valence-corrected chi connectivity index (χ0v) is 18.2. The van der Waals surface area contributed by atoms with E-state index in [9.17, 15) is 18.0 Å². The Kier molecular flexibility index (Phi) is 7.73. The van der Waals surface area contributed by atoms with E-state index in [4.69, 9.17) is 9.90 Å². The second kappa shape index (κ2) is 10.9. The molecule has 35 heavy (non-hydrogen) atoms. The van der Waals surface area contributed by atoms with Crippen LogP contribution in [0, 0.1) is 11.8 Å². The van der Waals surface area contributed by atoms with Gasteiger partial charge < -0.3 is 15.7 Å². The lowest BCUT2D eigenvalue weighted by Crippen LogP contribution is -2.36. The van der Waals surface area contributed by atoms with Crippen molar-refractivity contribution in [3.63, 3.8) is 0 Å². The average Bonchev–Trinajstić information content (AvgIpc) is 3.42. The quantitative estimate of drug-likeness (QED) is 0.304. The lowest BCUT2D eigenvalue weighted by molar-refractivity contribution is -0.123. The smallest absolute Gasteiger partial charge is 0.405 e. The van der Waals surface area contributed by atoms with Crippen molar-refractivity contribution in [2.24, 2.45) is 7.05 Å². The molecular weight excluding hydrogens is 465 g/mol. The molecule has 12 heteroatoms. The van der Waals surface area contributed by atoms with Gasteiger partial charge in [-0.3, -0.25) is 13.9 Å². The summed E-state index contributed by atoms with van der Waals surface area (Å²) < 4.78 is 40.3. The molecule has 0 bridgehead atoms. The number of urea groups is 1. The highest BCUT2D eigenvalue weighted by Crippen LogP contribution is 2.24. The fourth-order valence-corrected chi connectivity index (χ4v) is 3.00. The summed E-state index contributed by atoms with van der Waals surface area (Å²) in [6.45, 7) is -1.66. The maximum Gasteiger partial charge on any atom is 0.405 e. The van der Waals surface area contributed by atoms with Gasteiger partial charge in [0.05, 0.1) is 11.9 Å². The van der Waals surface area contributed by atoms with Crippen LogP contribution in [0.2, 0.25) is 0 Å². The van der Waals surface area contributed by atoms with Crippen LogP contribution in [0.25, 0.3) is 16.9 Å². The van der Waals surface area contributed by atoms with Gasteiger partial charge in [-0.1, -0.05) is 18.1 Å². The molecule has 4 aromatic rings. The van der Waals surface area contributed by atoms with E-state index in [2.05, 4.69) is 27.2 Å². The molecule has 0 saturated heterocycles. The third-order valence-corrected chi connectivity index (χ3v) is 4.43. The van der Waals surface area contributed by atoms with Crippen LogP contribution in [0.3, 0.4) is 0 Å². The normalized spacial score (nSPS) is 10.5. The lowest BCUT2D eigenvalue weighted by atomic mass is 10.1. The highest BCUT2D eigenvalue weighted by atomic mass is 19.4. The van der Waals surface area contributed by atoms with Gasteiger partial charge >= 0.3 is 12.2 Å². The van der Waals surface area contributed by atoms with Crippen molar-refractivity contribution in [2.75, 3.05) is 11.9 Å². The molecule has 3 N–H and O–H groups in total. The summed E-state index contributed by atoms with van der Waals surface area (Å²) in [6, 6.07) is 11.3. The first-order valence-corrected chi connectivity index (χ1v) is 9.97. The van der Waals surface area contributed by atoms with Crippen LogP contribution in [-0.4, -0.2) is 49.5 Å². The summed E-state index contributed by atoms with van der Waals surface area (Å²) in [4.78, 5) is 24.5. The highest BCUT2D eigenvalue weighted by molar-refractivity contribution is 5.90. The molecule has 180 valence electrons. The number of imidazole rings is 1. The van der Waals surface area contributed by atoms with Crippen LogP contribution in [-0.2, 0) is 11.8 Å². The third-order valence-electron chi connectivity index (χ3n) is 4.43. The van der Waals surface area contributed by atoms with E-state index < -0.39 is 18.8 Å². The molecule has 3 aromatic heterocycles. The Morgan fingerprint density at radius 2 is 1.94 bits per heavy atom. The van der Waals surface area contributed by atoms with E-state index in [-0.39, 0.29) is 6.47 Å². The lowest BCUT2D eigenvalue weighted by Gasteiger charge is -2.10. The largest absolute Gasteiger partial charge is 0.483 e. The number of alkyl halides is 3. The first-order valence-electron chi connectivity index (χ1n) is 9.97. The van der Waals surface area contributed by atoms with Crippen molar-refractivity contribution in [3.8, 4) is 23.1 Å². The molecule has 0 fully saturated rings. The van der Waals surface area contributed by atoms with E-state index in [1.165, 1.54) is 0 Å². The summed E-state index contributed by atoms with van der Waals surface area (Å²) in [5.41, 5.74) is 3.96. The van der Waals surface area contributed by atoms with Gasteiger partial charge in [0.15, 0.2) is 0 Å². The number of aromatic nitrogens is 4. The zero-order chi connectivity index (χ0) is 25.4. The van der Waals surface area contributed by atoms with Gasteiger partial charge in [-0.15, -0.1) is 0 Å². The molecule has 0 atom stereocenters. The van der Waals surface area contributed by atoms with Crippen molar-refractivity contribution in [3.05, 3.63) is 72.3 Å². The van der Waals surface area contributed by atoms with E-state index in [1.807, 2.05) is 48.1 Å². The molecule has 0 saturated carbocycles. The number of benzene rings is 1. The molecule has 0 radical (unpaired) electrons. The molecule has 9 nitrogen and oxygen atoms in total. The number of halogens is 3. The Bertz CT molecular complexity index is 1400. The number of nitrogens with one attached hydrogen (secondary N) is 2. The van der Waals surface area contributed by atoms with Crippen LogP contribution in [0.5, 0.6) is 0 Å². The molecule has 4 rings (SSSR count). The van der Waals surface area contributed by atoms with Gasteiger partial charge in [0.25, 0.3) is 6.47 Å². The molecule has 1 aromatic carbocycles.